The first-order valence-corrected chi connectivity index (χ1v) is 7.28. The SMILES string of the molecule is Cc1ccc(C[C@H]2C(=O)N(c3ncccn3)C(=O)[C@H]2C)cc1. The summed E-state index contributed by atoms with van der Waals surface area (Å²) in [4.78, 5) is 34.2. The first kappa shape index (κ1) is 14.4. The van der Waals surface area contributed by atoms with Crippen molar-refractivity contribution in [2.45, 2.75) is 20.3 Å². The Balaban J connectivity index is 1.86. The normalized spacial score (nSPS) is 21.5. The second-order valence-corrected chi connectivity index (χ2v) is 5.65. The fourth-order valence-corrected chi connectivity index (χ4v) is 2.71. The molecule has 2 aromatic rings. The summed E-state index contributed by atoms with van der Waals surface area (Å²) in [6.07, 6.45) is 3.61. The van der Waals surface area contributed by atoms with Gasteiger partial charge in [-0.15, -0.1) is 0 Å². The molecule has 1 aromatic heterocycles. The molecule has 2 atom stereocenters. The molecular formula is C17H17N3O2. The number of carbonyl (C=O) groups is 2. The molecule has 1 aromatic carbocycles. The van der Waals surface area contributed by atoms with Crippen molar-refractivity contribution < 1.29 is 9.59 Å². The molecule has 0 aliphatic carbocycles. The third-order valence-electron chi connectivity index (χ3n) is 4.08. The number of carbonyl (C=O) groups excluding carboxylic acids is 2. The summed E-state index contributed by atoms with van der Waals surface area (Å²) in [5, 5.41) is 0. The van der Waals surface area contributed by atoms with E-state index in [0.29, 0.717) is 6.42 Å². The molecule has 0 unspecified atom stereocenters. The molecule has 1 aliphatic heterocycles. The van der Waals surface area contributed by atoms with Crippen LogP contribution in [0.1, 0.15) is 18.1 Å². The molecule has 1 fully saturated rings. The van der Waals surface area contributed by atoms with E-state index in [-0.39, 0.29) is 29.6 Å². The number of anilines is 1. The van der Waals surface area contributed by atoms with Crippen LogP contribution in [0.3, 0.4) is 0 Å². The van der Waals surface area contributed by atoms with E-state index in [0.717, 1.165) is 10.5 Å². The van der Waals surface area contributed by atoms with Gasteiger partial charge in [-0.1, -0.05) is 36.8 Å². The Kier molecular flexibility index (Phi) is 3.71. The zero-order valence-electron chi connectivity index (χ0n) is 12.6. The average molecular weight is 295 g/mol. The Hall–Kier alpha value is -2.56. The number of aryl methyl sites for hydroxylation is 1. The molecule has 2 heterocycles. The summed E-state index contributed by atoms with van der Waals surface area (Å²) < 4.78 is 0. The number of hydrogen-bond acceptors (Lipinski definition) is 4. The van der Waals surface area contributed by atoms with Gasteiger partial charge in [0.2, 0.25) is 17.8 Å². The number of rotatable bonds is 3. The molecule has 0 N–H and O–H groups in total. The first-order chi connectivity index (χ1) is 10.6. The molecule has 0 spiro atoms. The van der Waals surface area contributed by atoms with Gasteiger partial charge in [-0.05, 0) is 25.0 Å². The predicted octanol–water partition coefficient (Wildman–Crippen LogP) is 2.15. The first-order valence-electron chi connectivity index (χ1n) is 7.28. The minimum Gasteiger partial charge on any atom is -0.274 e. The predicted molar refractivity (Wildman–Crippen MR) is 82.1 cm³/mol. The fraction of sp³-hybridized carbons (Fsp3) is 0.294. The van der Waals surface area contributed by atoms with Gasteiger partial charge < -0.3 is 0 Å². The minimum absolute atomic E-state index is 0.163. The van der Waals surface area contributed by atoms with Crippen LogP contribution in [0, 0.1) is 18.8 Å². The number of imide groups is 1. The lowest BCUT2D eigenvalue weighted by atomic mass is 9.90. The van der Waals surface area contributed by atoms with Gasteiger partial charge in [-0.3, -0.25) is 9.59 Å². The Morgan fingerprint density at radius 1 is 1.05 bits per heavy atom. The van der Waals surface area contributed by atoms with Gasteiger partial charge in [-0.25, -0.2) is 14.9 Å². The molecule has 5 nitrogen and oxygen atoms in total. The molecule has 0 radical (unpaired) electrons. The maximum Gasteiger partial charge on any atom is 0.240 e. The van der Waals surface area contributed by atoms with Crippen LogP contribution < -0.4 is 4.90 Å². The highest BCUT2D eigenvalue weighted by Crippen LogP contribution is 2.31. The van der Waals surface area contributed by atoms with Crippen LogP contribution in [0.25, 0.3) is 0 Å². The molecule has 112 valence electrons. The standard InChI is InChI=1S/C17H17N3O2/c1-11-4-6-13(7-5-11)10-14-12(2)15(21)20(16(14)22)17-18-8-3-9-19-17/h3-9,12,14H,10H2,1-2H3/t12-,14+/m0/s1. The van der Waals surface area contributed by atoms with E-state index in [1.807, 2.05) is 31.2 Å². The molecule has 3 rings (SSSR count). The van der Waals surface area contributed by atoms with E-state index < -0.39 is 0 Å². The van der Waals surface area contributed by atoms with Crippen molar-refractivity contribution in [3.05, 3.63) is 53.9 Å². The van der Waals surface area contributed by atoms with Crippen LogP contribution in [0.5, 0.6) is 0 Å². The number of aromatic nitrogens is 2. The average Bonchev–Trinajstić information content (AvgIpc) is 2.74. The Morgan fingerprint density at radius 2 is 1.68 bits per heavy atom. The molecule has 2 amide bonds. The maximum atomic E-state index is 12.6. The summed E-state index contributed by atoms with van der Waals surface area (Å²) in [7, 11) is 0. The zero-order chi connectivity index (χ0) is 15.7. The zero-order valence-corrected chi connectivity index (χ0v) is 12.6. The van der Waals surface area contributed by atoms with Crippen molar-refractivity contribution >= 4 is 17.8 Å². The molecular weight excluding hydrogens is 278 g/mol. The van der Waals surface area contributed by atoms with E-state index >= 15 is 0 Å². The summed E-state index contributed by atoms with van der Waals surface area (Å²) in [5.74, 6) is -1.01. The molecule has 1 saturated heterocycles. The molecule has 22 heavy (non-hydrogen) atoms. The van der Waals surface area contributed by atoms with Crippen molar-refractivity contribution in [1.82, 2.24) is 9.97 Å². The third-order valence-corrected chi connectivity index (χ3v) is 4.08. The van der Waals surface area contributed by atoms with Gasteiger partial charge in [0.05, 0.1) is 5.92 Å². The number of hydrogen-bond donors (Lipinski definition) is 0. The second kappa shape index (κ2) is 5.67. The van der Waals surface area contributed by atoms with Crippen molar-refractivity contribution in [3.8, 4) is 0 Å². The van der Waals surface area contributed by atoms with Crippen LogP contribution in [-0.4, -0.2) is 21.8 Å². The van der Waals surface area contributed by atoms with E-state index in [2.05, 4.69) is 9.97 Å². The molecule has 5 heteroatoms. The van der Waals surface area contributed by atoms with Crippen molar-refractivity contribution in [2.75, 3.05) is 4.90 Å². The topological polar surface area (TPSA) is 63.2 Å². The summed E-state index contributed by atoms with van der Waals surface area (Å²) >= 11 is 0. The Bertz CT molecular complexity index is 698. The van der Waals surface area contributed by atoms with Crippen molar-refractivity contribution in [3.63, 3.8) is 0 Å². The number of nitrogens with zero attached hydrogens (tertiary/aromatic N) is 3. The Labute approximate surface area is 129 Å². The van der Waals surface area contributed by atoms with E-state index in [4.69, 9.17) is 0 Å². The summed E-state index contributed by atoms with van der Waals surface area (Å²) in [6.45, 7) is 3.81. The van der Waals surface area contributed by atoms with Crippen molar-refractivity contribution in [1.29, 1.82) is 0 Å². The van der Waals surface area contributed by atoms with Gasteiger partial charge in [0.1, 0.15) is 0 Å². The van der Waals surface area contributed by atoms with Crippen molar-refractivity contribution in [2.24, 2.45) is 11.8 Å². The van der Waals surface area contributed by atoms with E-state index in [1.165, 1.54) is 18.0 Å². The van der Waals surface area contributed by atoms with Gasteiger partial charge in [0.25, 0.3) is 0 Å². The quantitative estimate of drug-likeness (QED) is 0.814. The second-order valence-electron chi connectivity index (χ2n) is 5.65. The van der Waals surface area contributed by atoms with Crippen LogP contribution in [0.4, 0.5) is 5.95 Å². The van der Waals surface area contributed by atoms with Gasteiger partial charge in [-0.2, -0.15) is 0 Å². The highest BCUT2D eigenvalue weighted by atomic mass is 16.2. The summed E-state index contributed by atoms with van der Waals surface area (Å²) in [5.41, 5.74) is 2.23. The lowest BCUT2D eigenvalue weighted by Gasteiger charge is -2.12. The summed E-state index contributed by atoms with van der Waals surface area (Å²) in [6, 6.07) is 9.68. The lowest BCUT2D eigenvalue weighted by molar-refractivity contribution is -0.122. The number of amides is 2. The molecule has 0 saturated carbocycles. The van der Waals surface area contributed by atoms with Gasteiger partial charge >= 0.3 is 0 Å². The smallest absolute Gasteiger partial charge is 0.240 e. The van der Waals surface area contributed by atoms with Gasteiger partial charge in [0.15, 0.2) is 0 Å². The monoisotopic (exact) mass is 295 g/mol. The molecule has 0 bridgehead atoms. The largest absolute Gasteiger partial charge is 0.274 e. The van der Waals surface area contributed by atoms with E-state index in [9.17, 15) is 9.59 Å². The van der Waals surface area contributed by atoms with Crippen LogP contribution in [0.15, 0.2) is 42.7 Å². The minimum atomic E-state index is -0.363. The highest BCUT2D eigenvalue weighted by Gasteiger charge is 2.46. The van der Waals surface area contributed by atoms with Gasteiger partial charge in [0, 0.05) is 18.3 Å². The lowest BCUT2D eigenvalue weighted by Crippen LogP contribution is -2.32. The fourth-order valence-electron chi connectivity index (χ4n) is 2.71. The third kappa shape index (κ3) is 2.50. The maximum absolute atomic E-state index is 12.6. The molecule has 1 aliphatic rings. The van der Waals surface area contributed by atoms with E-state index in [1.54, 1.807) is 13.0 Å². The van der Waals surface area contributed by atoms with Crippen LogP contribution >= 0.6 is 0 Å². The van der Waals surface area contributed by atoms with Crippen LogP contribution in [-0.2, 0) is 16.0 Å². The van der Waals surface area contributed by atoms with Crippen LogP contribution in [0.2, 0.25) is 0 Å². The highest BCUT2D eigenvalue weighted by molar-refractivity contribution is 6.21. The number of benzene rings is 1. The Morgan fingerprint density at radius 3 is 2.32 bits per heavy atom.